The van der Waals surface area contributed by atoms with Crippen LogP contribution in [0.5, 0.6) is 0 Å². The van der Waals surface area contributed by atoms with Gasteiger partial charge >= 0.3 is 0 Å². The molecule has 0 aliphatic carbocycles. The largest absolute Gasteiger partial charge is 0.355 e. The number of aromatic nitrogens is 1. The van der Waals surface area contributed by atoms with E-state index >= 15 is 0 Å². The van der Waals surface area contributed by atoms with E-state index in [1.54, 1.807) is 6.07 Å². The molecule has 2 heterocycles. The zero-order chi connectivity index (χ0) is 14.8. The molecule has 0 saturated heterocycles. The SMILES string of the molecule is Cc1ccc(NC(=O)c2cc(-c3cccs3)on2)c(Br)c1. The average Bonchev–Trinajstić information content (AvgIpc) is 3.10. The van der Waals surface area contributed by atoms with Crippen LogP contribution in [0.3, 0.4) is 0 Å². The monoisotopic (exact) mass is 362 g/mol. The highest BCUT2D eigenvalue weighted by atomic mass is 79.9. The Morgan fingerprint density at radius 3 is 2.90 bits per heavy atom. The lowest BCUT2D eigenvalue weighted by Gasteiger charge is -2.06. The van der Waals surface area contributed by atoms with Gasteiger partial charge in [-0.2, -0.15) is 0 Å². The number of amides is 1. The summed E-state index contributed by atoms with van der Waals surface area (Å²) in [5, 5.41) is 8.57. The first-order chi connectivity index (χ1) is 10.1. The molecule has 0 saturated carbocycles. The Labute approximate surface area is 133 Å². The number of nitrogens with one attached hydrogen (secondary N) is 1. The lowest BCUT2D eigenvalue weighted by atomic mass is 10.2. The van der Waals surface area contributed by atoms with Crippen molar-refractivity contribution in [3.8, 4) is 10.6 Å². The number of hydrogen-bond acceptors (Lipinski definition) is 4. The molecule has 0 unspecified atom stereocenters. The van der Waals surface area contributed by atoms with Crippen molar-refractivity contribution in [2.75, 3.05) is 5.32 Å². The van der Waals surface area contributed by atoms with E-state index in [9.17, 15) is 4.79 Å². The summed E-state index contributed by atoms with van der Waals surface area (Å²) in [5.74, 6) is 0.296. The van der Waals surface area contributed by atoms with E-state index in [4.69, 9.17) is 4.52 Å². The Balaban J connectivity index is 1.79. The van der Waals surface area contributed by atoms with Gasteiger partial charge < -0.3 is 9.84 Å². The first-order valence-electron chi connectivity index (χ1n) is 6.21. The standard InChI is InChI=1S/C15H11BrN2O2S/c1-9-4-5-11(10(16)7-9)17-15(19)12-8-13(20-18-12)14-3-2-6-21-14/h2-8H,1H3,(H,17,19). The number of aryl methyl sites for hydroxylation is 1. The second-order valence-electron chi connectivity index (χ2n) is 4.49. The molecule has 2 aromatic heterocycles. The van der Waals surface area contributed by atoms with E-state index in [-0.39, 0.29) is 11.6 Å². The molecule has 0 bridgehead atoms. The molecule has 4 nitrogen and oxygen atoms in total. The molecule has 106 valence electrons. The number of thiophene rings is 1. The molecule has 1 amide bonds. The third-order valence-corrected chi connectivity index (χ3v) is 4.42. The average molecular weight is 363 g/mol. The van der Waals surface area contributed by atoms with E-state index in [2.05, 4.69) is 26.4 Å². The number of hydrogen-bond donors (Lipinski definition) is 1. The Hall–Kier alpha value is -1.92. The summed E-state index contributed by atoms with van der Waals surface area (Å²) < 4.78 is 6.04. The van der Waals surface area contributed by atoms with Gasteiger partial charge in [0.25, 0.3) is 5.91 Å². The Kier molecular flexibility index (Phi) is 3.90. The van der Waals surface area contributed by atoms with Gasteiger partial charge in [-0.1, -0.05) is 17.3 Å². The normalized spacial score (nSPS) is 10.6. The molecule has 1 aromatic carbocycles. The van der Waals surface area contributed by atoms with Crippen molar-refractivity contribution >= 4 is 38.9 Å². The van der Waals surface area contributed by atoms with E-state index in [0.717, 1.165) is 14.9 Å². The van der Waals surface area contributed by atoms with Gasteiger partial charge in [0.2, 0.25) is 0 Å². The van der Waals surface area contributed by atoms with Gasteiger partial charge in [0.15, 0.2) is 11.5 Å². The summed E-state index contributed by atoms with van der Waals surface area (Å²) in [6.07, 6.45) is 0. The van der Waals surface area contributed by atoms with Crippen molar-refractivity contribution in [1.29, 1.82) is 0 Å². The third-order valence-electron chi connectivity index (χ3n) is 2.88. The summed E-state index contributed by atoms with van der Waals surface area (Å²) in [6, 6.07) is 11.2. The molecule has 1 N–H and O–H groups in total. The van der Waals surface area contributed by atoms with Crippen molar-refractivity contribution in [1.82, 2.24) is 5.16 Å². The quantitative estimate of drug-likeness (QED) is 0.732. The Morgan fingerprint density at radius 1 is 1.33 bits per heavy atom. The van der Waals surface area contributed by atoms with Crippen LogP contribution in [-0.2, 0) is 0 Å². The fourth-order valence-electron chi connectivity index (χ4n) is 1.82. The van der Waals surface area contributed by atoms with Crippen LogP contribution in [0.2, 0.25) is 0 Å². The molecule has 0 aliphatic rings. The molecule has 0 fully saturated rings. The predicted molar refractivity (Wildman–Crippen MR) is 86.6 cm³/mol. The summed E-state index contributed by atoms with van der Waals surface area (Å²) in [4.78, 5) is 13.1. The summed E-state index contributed by atoms with van der Waals surface area (Å²) in [6.45, 7) is 1.99. The van der Waals surface area contributed by atoms with Gasteiger partial charge in [-0.3, -0.25) is 4.79 Å². The Morgan fingerprint density at radius 2 is 2.19 bits per heavy atom. The minimum atomic E-state index is -0.300. The maximum absolute atomic E-state index is 12.2. The highest BCUT2D eigenvalue weighted by Crippen LogP contribution is 2.27. The lowest BCUT2D eigenvalue weighted by Crippen LogP contribution is -2.12. The molecule has 3 aromatic rings. The van der Waals surface area contributed by atoms with Crippen molar-refractivity contribution in [3.05, 3.63) is 57.5 Å². The fourth-order valence-corrected chi connectivity index (χ4v) is 3.09. The zero-order valence-corrected chi connectivity index (χ0v) is 13.5. The second-order valence-corrected chi connectivity index (χ2v) is 6.29. The number of rotatable bonds is 3. The number of anilines is 1. The minimum absolute atomic E-state index is 0.255. The Bertz CT molecular complexity index is 781. The topological polar surface area (TPSA) is 55.1 Å². The molecule has 0 aliphatic heterocycles. The van der Waals surface area contributed by atoms with Crippen LogP contribution >= 0.6 is 27.3 Å². The fraction of sp³-hybridized carbons (Fsp3) is 0.0667. The smallest absolute Gasteiger partial charge is 0.277 e. The predicted octanol–water partition coefficient (Wildman–Crippen LogP) is 4.73. The van der Waals surface area contributed by atoms with Gasteiger partial charge in [-0.25, -0.2) is 0 Å². The first kappa shape index (κ1) is 14.0. The molecule has 3 rings (SSSR count). The maximum Gasteiger partial charge on any atom is 0.277 e. The number of nitrogens with zero attached hydrogens (tertiary/aromatic N) is 1. The van der Waals surface area contributed by atoms with Gasteiger partial charge in [-0.05, 0) is 52.0 Å². The summed E-state index contributed by atoms with van der Waals surface area (Å²) in [7, 11) is 0. The first-order valence-corrected chi connectivity index (χ1v) is 7.89. The minimum Gasteiger partial charge on any atom is -0.355 e. The van der Waals surface area contributed by atoms with Crippen LogP contribution in [0.15, 0.2) is 50.8 Å². The highest BCUT2D eigenvalue weighted by Gasteiger charge is 2.15. The van der Waals surface area contributed by atoms with Gasteiger partial charge in [0.05, 0.1) is 10.6 Å². The molecule has 0 spiro atoms. The van der Waals surface area contributed by atoms with E-state index < -0.39 is 0 Å². The molecular weight excluding hydrogens is 352 g/mol. The number of carbonyl (C=O) groups excluding carboxylic acids is 1. The van der Waals surface area contributed by atoms with E-state index in [0.29, 0.717) is 11.4 Å². The van der Waals surface area contributed by atoms with E-state index in [1.807, 2.05) is 42.6 Å². The van der Waals surface area contributed by atoms with Crippen LogP contribution in [0, 0.1) is 6.92 Å². The molecule has 0 radical (unpaired) electrons. The summed E-state index contributed by atoms with van der Waals surface area (Å²) in [5.41, 5.74) is 2.07. The van der Waals surface area contributed by atoms with E-state index in [1.165, 1.54) is 11.3 Å². The van der Waals surface area contributed by atoms with Crippen LogP contribution in [0.25, 0.3) is 10.6 Å². The van der Waals surface area contributed by atoms with Crippen molar-refractivity contribution < 1.29 is 9.32 Å². The second kappa shape index (κ2) is 5.83. The maximum atomic E-state index is 12.2. The molecule has 21 heavy (non-hydrogen) atoms. The summed E-state index contributed by atoms with van der Waals surface area (Å²) >= 11 is 4.96. The van der Waals surface area contributed by atoms with Crippen LogP contribution in [-0.4, -0.2) is 11.1 Å². The zero-order valence-electron chi connectivity index (χ0n) is 11.1. The third kappa shape index (κ3) is 3.06. The van der Waals surface area contributed by atoms with Crippen LogP contribution in [0.1, 0.15) is 16.1 Å². The molecule has 0 atom stereocenters. The van der Waals surface area contributed by atoms with Crippen LogP contribution < -0.4 is 5.32 Å². The number of benzene rings is 1. The van der Waals surface area contributed by atoms with Crippen molar-refractivity contribution in [2.24, 2.45) is 0 Å². The van der Waals surface area contributed by atoms with Crippen LogP contribution in [0.4, 0.5) is 5.69 Å². The lowest BCUT2D eigenvalue weighted by molar-refractivity contribution is 0.101. The number of halogens is 1. The van der Waals surface area contributed by atoms with Gasteiger partial charge in [0.1, 0.15) is 0 Å². The highest BCUT2D eigenvalue weighted by molar-refractivity contribution is 9.10. The van der Waals surface area contributed by atoms with Crippen molar-refractivity contribution in [3.63, 3.8) is 0 Å². The number of carbonyl (C=O) groups is 1. The van der Waals surface area contributed by atoms with Crippen molar-refractivity contribution in [2.45, 2.75) is 6.92 Å². The molecular formula is C15H11BrN2O2S. The molecule has 6 heteroatoms. The van der Waals surface area contributed by atoms with Gasteiger partial charge in [0, 0.05) is 10.5 Å². The van der Waals surface area contributed by atoms with Gasteiger partial charge in [-0.15, -0.1) is 11.3 Å².